The van der Waals surface area contributed by atoms with Crippen molar-refractivity contribution >= 4 is 40.5 Å². The number of nitrogens with zero attached hydrogens (tertiary/aromatic N) is 3. The van der Waals surface area contributed by atoms with Crippen LogP contribution in [0.5, 0.6) is 0 Å². The Labute approximate surface area is 167 Å². The molecule has 5 nitrogen and oxygen atoms in total. The molecule has 0 radical (unpaired) electrons. The number of aromatic nitrogens is 2. The number of halogens is 1. The zero-order valence-corrected chi connectivity index (χ0v) is 16.7. The number of nitrogens with one attached hydrogen (secondary N) is 1. The summed E-state index contributed by atoms with van der Waals surface area (Å²) in [5, 5.41) is 8.65. The molecule has 1 saturated heterocycles. The highest BCUT2D eigenvalue weighted by molar-refractivity contribution is 8.18. The minimum absolute atomic E-state index is 0.122. The molecule has 140 valence electrons. The summed E-state index contributed by atoms with van der Waals surface area (Å²) in [4.78, 5) is 17.6. The van der Waals surface area contributed by atoms with Gasteiger partial charge in [0.05, 0.1) is 23.2 Å². The molecule has 1 aliphatic carbocycles. The van der Waals surface area contributed by atoms with Crippen LogP contribution < -0.4 is 5.32 Å². The lowest BCUT2D eigenvalue weighted by Gasteiger charge is -2.03. The van der Waals surface area contributed by atoms with Crippen LogP contribution in [0.15, 0.2) is 40.2 Å². The number of amidine groups is 1. The number of carbonyl (C=O) groups excluding carboxylic acids is 1. The summed E-state index contributed by atoms with van der Waals surface area (Å²) in [5.74, 6) is -0.122. The Kier molecular flexibility index (Phi) is 5.36. The van der Waals surface area contributed by atoms with E-state index in [-0.39, 0.29) is 5.91 Å². The maximum atomic E-state index is 12.3. The fraction of sp³-hybridized carbons (Fsp3) is 0.350. The summed E-state index contributed by atoms with van der Waals surface area (Å²) < 4.78 is 1.77. The Hall–Kier alpha value is -2.05. The topological polar surface area (TPSA) is 59.3 Å². The van der Waals surface area contributed by atoms with Crippen molar-refractivity contribution in [2.75, 3.05) is 0 Å². The number of rotatable bonds is 4. The van der Waals surface area contributed by atoms with Crippen molar-refractivity contribution in [3.05, 3.63) is 57.2 Å². The van der Waals surface area contributed by atoms with E-state index in [9.17, 15) is 4.79 Å². The third-order valence-corrected chi connectivity index (χ3v) is 6.16. The Morgan fingerprint density at radius 2 is 2.07 bits per heavy atom. The second-order valence-corrected chi connectivity index (χ2v) is 8.26. The number of hydrogen-bond acceptors (Lipinski definition) is 4. The Bertz CT molecular complexity index is 914. The van der Waals surface area contributed by atoms with Crippen molar-refractivity contribution in [1.29, 1.82) is 0 Å². The van der Waals surface area contributed by atoms with Crippen molar-refractivity contribution in [1.82, 2.24) is 15.1 Å². The monoisotopic (exact) mass is 400 g/mol. The maximum absolute atomic E-state index is 12.3. The van der Waals surface area contributed by atoms with E-state index in [0.29, 0.717) is 27.8 Å². The highest BCUT2D eigenvalue weighted by atomic mass is 35.5. The van der Waals surface area contributed by atoms with Gasteiger partial charge in [-0.25, -0.2) is 4.68 Å². The van der Waals surface area contributed by atoms with Gasteiger partial charge in [-0.2, -0.15) is 5.10 Å². The molecular weight excluding hydrogens is 380 g/mol. The normalized spacial score (nSPS) is 20.7. The Morgan fingerprint density at radius 3 is 2.81 bits per heavy atom. The van der Waals surface area contributed by atoms with Gasteiger partial charge in [-0.05, 0) is 43.2 Å². The van der Waals surface area contributed by atoms with Gasteiger partial charge >= 0.3 is 0 Å². The number of aliphatic imine (C=N–C) groups is 1. The van der Waals surface area contributed by atoms with Gasteiger partial charge in [-0.1, -0.05) is 54.8 Å². The number of hydrogen-bond donors (Lipinski definition) is 1. The molecule has 27 heavy (non-hydrogen) atoms. The summed E-state index contributed by atoms with van der Waals surface area (Å²) in [5.41, 5.74) is 2.71. The average molecular weight is 401 g/mol. The van der Waals surface area contributed by atoms with E-state index in [1.165, 1.54) is 24.6 Å². The molecule has 4 rings (SSSR count). The van der Waals surface area contributed by atoms with Gasteiger partial charge in [-0.3, -0.25) is 9.79 Å². The van der Waals surface area contributed by atoms with Gasteiger partial charge in [0.2, 0.25) is 0 Å². The predicted molar refractivity (Wildman–Crippen MR) is 111 cm³/mol. The van der Waals surface area contributed by atoms with Crippen LogP contribution in [0.3, 0.4) is 0 Å². The SMILES string of the molecule is Cc1nn(Cc2ccccc2)c(Cl)c1C=C1SC(=NC2CCCC2)NC1=O. The fourth-order valence-corrected chi connectivity index (χ4v) is 4.57. The van der Waals surface area contributed by atoms with Gasteiger partial charge in [0.1, 0.15) is 5.15 Å². The minimum atomic E-state index is -0.122. The molecule has 2 aliphatic rings. The largest absolute Gasteiger partial charge is 0.301 e. The molecule has 7 heteroatoms. The zero-order valence-electron chi connectivity index (χ0n) is 15.1. The first kappa shape index (κ1) is 18.3. The molecule has 0 atom stereocenters. The lowest BCUT2D eigenvalue weighted by molar-refractivity contribution is -0.115. The van der Waals surface area contributed by atoms with Gasteiger partial charge in [0, 0.05) is 5.56 Å². The molecule has 2 heterocycles. The molecule has 1 aromatic heterocycles. The molecule has 1 amide bonds. The van der Waals surface area contributed by atoms with E-state index in [2.05, 4.69) is 15.4 Å². The molecule has 1 saturated carbocycles. The standard InChI is InChI=1S/C20H21ClN4OS/c1-13-16(18(21)25(24-13)12-14-7-3-2-4-8-14)11-17-19(26)23-20(27-17)22-15-9-5-6-10-15/h2-4,7-8,11,15H,5-6,9-10,12H2,1H3,(H,22,23,26). The van der Waals surface area contributed by atoms with E-state index >= 15 is 0 Å². The average Bonchev–Trinajstić information content (AvgIpc) is 3.34. The molecule has 0 bridgehead atoms. The number of benzene rings is 1. The second-order valence-electron chi connectivity index (χ2n) is 6.87. The van der Waals surface area contributed by atoms with Gasteiger partial charge in [0.25, 0.3) is 5.91 Å². The van der Waals surface area contributed by atoms with Crippen molar-refractivity contribution in [2.45, 2.75) is 45.2 Å². The minimum Gasteiger partial charge on any atom is -0.301 e. The summed E-state index contributed by atoms with van der Waals surface area (Å²) in [7, 11) is 0. The first-order valence-electron chi connectivity index (χ1n) is 9.15. The number of thioether (sulfide) groups is 1. The summed E-state index contributed by atoms with van der Waals surface area (Å²) in [6.07, 6.45) is 6.48. The Balaban J connectivity index is 1.55. The van der Waals surface area contributed by atoms with Crippen molar-refractivity contribution in [2.24, 2.45) is 4.99 Å². The van der Waals surface area contributed by atoms with Crippen LogP contribution in [0.1, 0.15) is 42.5 Å². The van der Waals surface area contributed by atoms with E-state index < -0.39 is 0 Å². The summed E-state index contributed by atoms with van der Waals surface area (Å²) in [6.45, 7) is 2.50. The molecular formula is C20H21ClN4OS. The van der Waals surface area contributed by atoms with Gasteiger partial charge in [0.15, 0.2) is 5.17 Å². The zero-order chi connectivity index (χ0) is 18.8. The molecule has 0 spiro atoms. The summed E-state index contributed by atoms with van der Waals surface area (Å²) >= 11 is 7.95. The summed E-state index contributed by atoms with van der Waals surface area (Å²) in [6, 6.07) is 10.4. The van der Waals surface area contributed by atoms with Crippen molar-refractivity contribution in [3.8, 4) is 0 Å². The van der Waals surface area contributed by atoms with E-state index in [0.717, 1.165) is 29.7 Å². The van der Waals surface area contributed by atoms with Gasteiger partial charge in [-0.15, -0.1) is 0 Å². The van der Waals surface area contributed by atoms with Crippen molar-refractivity contribution in [3.63, 3.8) is 0 Å². The molecule has 2 aromatic rings. The highest BCUT2D eigenvalue weighted by Crippen LogP contribution is 2.31. The fourth-order valence-electron chi connectivity index (χ4n) is 3.41. The quantitative estimate of drug-likeness (QED) is 0.774. The van der Waals surface area contributed by atoms with Crippen LogP contribution >= 0.6 is 23.4 Å². The Morgan fingerprint density at radius 1 is 1.33 bits per heavy atom. The first-order valence-corrected chi connectivity index (χ1v) is 10.3. The van der Waals surface area contributed by atoms with Gasteiger partial charge < -0.3 is 5.32 Å². The smallest absolute Gasteiger partial charge is 0.264 e. The third kappa shape index (κ3) is 4.12. The molecule has 1 N–H and O–H groups in total. The predicted octanol–water partition coefficient (Wildman–Crippen LogP) is 4.40. The lowest BCUT2D eigenvalue weighted by atomic mass is 10.2. The van der Waals surface area contributed by atoms with E-state index in [4.69, 9.17) is 11.6 Å². The maximum Gasteiger partial charge on any atom is 0.264 e. The highest BCUT2D eigenvalue weighted by Gasteiger charge is 2.26. The number of aryl methyl sites for hydroxylation is 1. The van der Waals surface area contributed by atoms with Crippen LogP contribution in [0.25, 0.3) is 6.08 Å². The second kappa shape index (κ2) is 7.90. The molecule has 1 aromatic carbocycles. The van der Waals surface area contributed by atoms with E-state index in [1.54, 1.807) is 4.68 Å². The van der Waals surface area contributed by atoms with Crippen LogP contribution in [0, 0.1) is 6.92 Å². The van der Waals surface area contributed by atoms with Crippen LogP contribution in [-0.2, 0) is 11.3 Å². The van der Waals surface area contributed by atoms with Crippen LogP contribution in [-0.4, -0.2) is 26.9 Å². The number of carbonyl (C=O) groups is 1. The molecule has 1 aliphatic heterocycles. The number of amides is 1. The van der Waals surface area contributed by atoms with E-state index in [1.807, 2.05) is 43.3 Å². The molecule has 0 unspecified atom stereocenters. The van der Waals surface area contributed by atoms with Crippen LogP contribution in [0.4, 0.5) is 0 Å². The lowest BCUT2D eigenvalue weighted by Crippen LogP contribution is -2.21. The first-order chi connectivity index (χ1) is 13.1. The molecule has 2 fully saturated rings. The third-order valence-electron chi connectivity index (χ3n) is 4.84. The van der Waals surface area contributed by atoms with Crippen LogP contribution in [0.2, 0.25) is 5.15 Å². The van der Waals surface area contributed by atoms with Crippen molar-refractivity contribution < 1.29 is 4.79 Å².